The lowest BCUT2D eigenvalue weighted by Gasteiger charge is -1.80. The van der Waals surface area contributed by atoms with Gasteiger partial charge in [0.05, 0.1) is 0 Å². The first-order valence-corrected chi connectivity index (χ1v) is 2.25. The van der Waals surface area contributed by atoms with Crippen LogP contribution in [0.4, 0.5) is 0 Å². The van der Waals surface area contributed by atoms with Crippen LogP contribution in [0.25, 0.3) is 0 Å². The topological polar surface area (TPSA) is 0 Å². The Bertz CT molecular complexity index is 54.4. The van der Waals surface area contributed by atoms with Crippen molar-refractivity contribution in [2.24, 2.45) is 0 Å². The molecule has 0 aromatic rings. The van der Waals surface area contributed by atoms with Crippen LogP contribution in [0.3, 0.4) is 0 Å². The third-order valence-corrected chi connectivity index (χ3v) is 0.980. The molecule has 0 nitrogen and oxygen atoms in total. The normalized spacial score (nSPS) is 19.7. The van der Waals surface area contributed by atoms with Gasteiger partial charge in [-0.05, 0) is 18.4 Å². The fourth-order valence-electron chi connectivity index (χ4n) is 0.621. The molecule has 1 rings (SSSR count). The Labute approximate surface area is 38.9 Å². The Kier molecular flexibility index (Phi) is 0.789. The first kappa shape index (κ1) is 3.66. The van der Waals surface area contributed by atoms with E-state index in [4.69, 9.17) is 0 Å². The molecule has 0 aromatic carbocycles. The van der Waals surface area contributed by atoms with Gasteiger partial charge in [-0.3, -0.25) is 0 Å². The standard InChI is InChI=1S/C6H8/c1-6-4-2-3-5-6/h4-5H,1-3H2. The monoisotopic (exact) mass is 80.1 g/mol. The van der Waals surface area contributed by atoms with Crippen molar-refractivity contribution in [3.8, 4) is 0 Å². The smallest absolute Gasteiger partial charge is 0.0307 e. The van der Waals surface area contributed by atoms with E-state index in [1.807, 2.05) is 0 Å². The minimum Gasteiger partial charge on any atom is -0.0924 e. The third-order valence-electron chi connectivity index (χ3n) is 0.980. The molecule has 0 radical (unpaired) electrons. The van der Waals surface area contributed by atoms with E-state index in [0.717, 1.165) is 0 Å². The van der Waals surface area contributed by atoms with Crippen LogP contribution in [-0.2, 0) is 0 Å². The van der Waals surface area contributed by atoms with Crippen LogP contribution >= 0.6 is 0 Å². The molecule has 0 spiro atoms. The van der Waals surface area contributed by atoms with Gasteiger partial charge in [0.2, 0.25) is 0 Å². The summed E-state index contributed by atoms with van der Waals surface area (Å²) < 4.78 is 0. The van der Waals surface area contributed by atoms with E-state index in [1.54, 1.807) is 0 Å². The van der Waals surface area contributed by atoms with E-state index >= 15 is 0 Å². The first-order valence-electron chi connectivity index (χ1n) is 2.25. The van der Waals surface area contributed by atoms with Crippen molar-refractivity contribution >= 4 is 0 Å². The summed E-state index contributed by atoms with van der Waals surface area (Å²) in [6, 6.07) is 0. The maximum Gasteiger partial charge on any atom is -0.0307 e. The van der Waals surface area contributed by atoms with Gasteiger partial charge in [0.15, 0.2) is 0 Å². The lowest BCUT2D eigenvalue weighted by molar-refractivity contribution is 1.05. The van der Waals surface area contributed by atoms with E-state index < -0.39 is 0 Å². The molecule has 0 heterocycles. The Morgan fingerprint density at radius 3 is 2.83 bits per heavy atom. The highest BCUT2D eigenvalue weighted by Crippen LogP contribution is 2.18. The number of rotatable bonds is 0. The van der Waals surface area contributed by atoms with Crippen LogP contribution in [-0.4, -0.2) is 0 Å². The molecule has 0 saturated heterocycles. The molecule has 32 valence electrons. The molecule has 1 fully saturated rings. The highest BCUT2D eigenvalue weighted by atomic mass is 14.1. The highest BCUT2D eigenvalue weighted by Gasteiger charge is 2.00. The molecule has 0 N–H and O–H groups in total. The molecule has 0 aliphatic heterocycles. The summed E-state index contributed by atoms with van der Waals surface area (Å²) in [5.41, 5.74) is 1.20. The Hall–Kier alpha value is -0.520. The molecular weight excluding hydrogens is 72.1 g/mol. The molecule has 1 saturated carbocycles. The molecule has 1 aliphatic rings. The van der Waals surface area contributed by atoms with E-state index in [2.05, 4.69) is 19.4 Å². The average molecular weight is 80.1 g/mol. The van der Waals surface area contributed by atoms with Crippen molar-refractivity contribution < 1.29 is 0 Å². The van der Waals surface area contributed by atoms with Gasteiger partial charge in [0.25, 0.3) is 0 Å². The number of allylic oxidation sites excluding steroid dienone is 1. The molecule has 0 unspecified atom stereocenters. The summed E-state index contributed by atoms with van der Waals surface area (Å²) in [5.74, 6) is 0. The highest BCUT2D eigenvalue weighted by molar-refractivity contribution is 5.23. The Morgan fingerprint density at radius 2 is 2.67 bits per heavy atom. The first-order chi connectivity index (χ1) is 2.89. The third kappa shape index (κ3) is 0.510. The Balaban J connectivity index is 2.37. The van der Waals surface area contributed by atoms with Gasteiger partial charge in [-0.15, -0.1) is 0 Å². The molecular formula is C6H8. The predicted octanol–water partition coefficient (Wildman–Crippen LogP) is 1.74. The predicted molar refractivity (Wildman–Crippen MR) is 27.0 cm³/mol. The van der Waals surface area contributed by atoms with Crippen molar-refractivity contribution in [1.82, 2.24) is 0 Å². The van der Waals surface area contributed by atoms with Gasteiger partial charge in [0.1, 0.15) is 0 Å². The minimum absolute atomic E-state index is 1.20. The van der Waals surface area contributed by atoms with E-state index in [0.29, 0.717) is 0 Å². The number of hydrogen-bond acceptors (Lipinski definition) is 0. The van der Waals surface area contributed by atoms with Crippen molar-refractivity contribution in [2.75, 3.05) is 0 Å². The summed E-state index contributed by atoms with van der Waals surface area (Å²) in [4.78, 5) is 0. The largest absolute Gasteiger partial charge is 0.0924 e. The van der Waals surface area contributed by atoms with Crippen molar-refractivity contribution in [1.29, 1.82) is 0 Å². The van der Waals surface area contributed by atoms with Gasteiger partial charge in [-0.1, -0.05) is 19.4 Å². The SMILES string of the molecule is C=C1[CH+]CC[CH-]1. The van der Waals surface area contributed by atoms with Gasteiger partial charge < -0.3 is 0 Å². The summed E-state index contributed by atoms with van der Waals surface area (Å²) >= 11 is 0. The Morgan fingerprint density at radius 1 is 1.83 bits per heavy atom. The maximum atomic E-state index is 3.74. The van der Waals surface area contributed by atoms with Crippen LogP contribution in [0, 0.1) is 12.8 Å². The fraction of sp³-hybridized carbons (Fsp3) is 0.333. The van der Waals surface area contributed by atoms with Crippen molar-refractivity contribution in [3.05, 3.63) is 25.0 Å². The van der Waals surface area contributed by atoms with Crippen LogP contribution in [0.2, 0.25) is 0 Å². The fourth-order valence-corrected chi connectivity index (χ4v) is 0.621. The lowest BCUT2D eigenvalue weighted by atomic mass is 10.3. The quantitative estimate of drug-likeness (QED) is 0.389. The van der Waals surface area contributed by atoms with Crippen molar-refractivity contribution in [3.63, 3.8) is 0 Å². The molecule has 6 heavy (non-hydrogen) atoms. The second-order valence-electron chi connectivity index (χ2n) is 1.56. The maximum absolute atomic E-state index is 3.74. The second-order valence-corrected chi connectivity index (χ2v) is 1.56. The molecule has 0 amide bonds. The van der Waals surface area contributed by atoms with Gasteiger partial charge >= 0.3 is 0 Å². The zero-order chi connectivity index (χ0) is 4.41. The molecule has 0 bridgehead atoms. The number of hydrogen-bond donors (Lipinski definition) is 0. The average Bonchev–Trinajstić information content (AvgIpc) is 1.86. The summed E-state index contributed by atoms with van der Waals surface area (Å²) in [6.45, 7) is 3.74. The summed E-state index contributed by atoms with van der Waals surface area (Å²) in [6.07, 6.45) is 6.72. The van der Waals surface area contributed by atoms with Crippen LogP contribution in [0.15, 0.2) is 12.2 Å². The van der Waals surface area contributed by atoms with Crippen LogP contribution < -0.4 is 0 Å². The van der Waals surface area contributed by atoms with Crippen LogP contribution in [0.1, 0.15) is 12.8 Å². The molecule has 0 heteroatoms. The van der Waals surface area contributed by atoms with Gasteiger partial charge in [-0.2, -0.15) is 0 Å². The van der Waals surface area contributed by atoms with Crippen molar-refractivity contribution in [2.45, 2.75) is 12.8 Å². The lowest BCUT2D eigenvalue weighted by Crippen LogP contribution is -1.62. The molecule has 0 atom stereocenters. The zero-order valence-corrected chi connectivity index (χ0v) is 3.78. The van der Waals surface area contributed by atoms with E-state index in [1.165, 1.54) is 18.4 Å². The van der Waals surface area contributed by atoms with Crippen LogP contribution in [0.5, 0.6) is 0 Å². The summed E-state index contributed by atoms with van der Waals surface area (Å²) in [5, 5.41) is 0. The minimum atomic E-state index is 1.20. The zero-order valence-electron chi connectivity index (χ0n) is 3.78. The second kappa shape index (κ2) is 1.29. The van der Waals surface area contributed by atoms with E-state index in [-0.39, 0.29) is 0 Å². The van der Waals surface area contributed by atoms with E-state index in [9.17, 15) is 0 Å². The summed E-state index contributed by atoms with van der Waals surface area (Å²) in [7, 11) is 0. The van der Waals surface area contributed by atoms with Gasteiger partial charge in [-0.25, -0.2) is 0 Å². The molecule has 1 aliphatic carbocycles. The van der Waals surface area contributed by atoms with Gasteiger partial charge in [0, 0.05) is 0 Å². The molecule has 0 aromatic heterocycles.